The van der Waals surface area contributed by atoms with Gasteiger partial charge in [-0.25, -0.2) is 4.39 Å². The van der Waals surface area contributed by atoms with Crippen LogP contribution in [0.15, 0.2) is 12.1 Å². The standard InChI is InChI=1S/C11H15F2NO.ClH/c1-3-8(14)4-7-5-9(12)11(13)10(6-7)15-2;/h5-6,8H,3-4,14H2,1-2H3;1H. The van der Waals surface area contributed by atoms with Gasteiger partial charge in [0.2, 0.25) is 5.82 Å². The molecule has 0 amide bonds. The summed E-state index contributed by atoms with van der Waals surface area (Å²) in [4.78, 5) is 0. The fourth-order valence-electron chi connectivity index (χ4n) is 1.33. The van der Waals surface area contributed by atoms with Crippen LogP contribution in [0.25, 0.3) is 0 Å². The van der Waals surface area contributed by atoms with Crippen molar-refractivity contribution < 1.29 is 13.5 Å². The van der Waals surface area contributed by atoms with Crippen LogP contribution < -0.4 is 10.5 Å². The van der Waals surface area contributed by atoms with Crippen LogP contribution in [0.4, 0.5) is 8.78 Å². The second-order valence-electron chi connectivity index (χ2n) is 3.47. The molecule has 5 heteroatoms. The maximum atomic E-state index is 13.1. The van der Waals surface area contributed by atoms with Crippen molar-refractivity contribution in [1.29, 1.82) is 0 Å². The number of hydrogen-bond donors (Lipinski definition) is 1. The van der Waals surface area contributed by atoms with E-state index in [9.17, 15) is 8.78 Å². The van der Waals surface area contributed by atoms with Gasteiger partial charge in [-0.3, -0.25) is 0 Å². The molecule has 0 aliphatic rings. The predicted octanol–water partition coefficient (Wildman–Crippen LogP) is 2.68. The highest BCUT2D eigenvalue weighted by Crippen LogP contribution is 2.22. The number of rotatable bonds is 4. The van der Waals surface area contributed by atoms with Crippen molar-refractivity contribution in [2.24, 2.45) is 5.73 Å². The van der Waals surface area contributed by atoms with E-state index in [-0.39, 0.29) is 24.2 Å². The fraction of sp³-hybridized carbons (Fsp3) is 0.455. The molecule has 0 heterocycles. The molecule has 1 aromatic carbocycles. The van der Waals surface area contributed by atoms with E-state index in [0.29, 0.717) is 12.0 Å². The lowest BCUT2D eigenvalue weighted by molar-refractivity contribution is 0.370. The van der Waals surface area contributed by atoms with Crippen LogP contribution in [-0.2, 0) is 6.42 Å². The minimum absolute atomic E-state index is 0. The van der Waals surface area contributed by atoms with Crippen LogP contribution >= 0.6 is 12.4 Å². The molecule has 0 aromatic heterocycles. The van der Waals surface area contributed by atoms with Crippen molar-refractivity contribution >= 4 is 12.4 Å². The Morgan fingerprint density at radius 3 is 2.50 bits per heavy atom. The zero-order valence-corrected chi connectivity index (χ0v) is 10.1. The SMILES string of the molecule is CCC(N)Cc1cc(F)c(F)c(OC)c1.Cl. The quantitative estimate of drug-likeness (QED) is 0.893. The third kappa shape index (κ3) is 3.61. The Morgan fingerprint density at radius 2 is 2.00 bits per heavy atom. The lowest BCUT2D eigenvalue weighted by Gasteiger charge is -2.10. The summed E-state index contributed by atoms with van der Waals surface area (Å²) in [7, 11) is 1.31. The number of halogens is 3. The zero-order valence-electron chi connectivity index (χ0n) is 9.30. The van der Waals surface area contributed by atoms with Crippen LogP contribution in [0.2, 0.25) is 0 Å². The molecule has 2 N–H and O–H groups in total. The molecule has 92 valence electrons. The van der Waals surface area contributed by atoms with E-state index in [0.717, 1.165) is 12.5 Å². The molecule has 0 saturated carbocycles. The Bertz CT molecular complexity index is 347. The Morgan fingerprint density at radius 1 is 1.38 bits per heavy atom. The van der Waals surface area contributed by atoms with Gasteiger partial charge in [0.15, 0.2) is 11.6 Å². The lowest BCUT2D eigenvalue weighted by atomic mass is 10.0. The van der Waals surface area contributed by atoms with Gasteiger partial charge in [0.1, 0.15) is 0 Å². The normalized spacial score (nSPS) is 11.8. The average molecular weight is 252 g/mol. The summed E-state index contributed by atoms with van der Waals surface area (Å²) < 4.78 is 30.9. The third-order valence-electron chi connectivity index (χ3n) is 2.30. The van der Waals surface area contributed by atoms with Gasteiger partial charge in [0.05, 0.1) is 7.11 Å². The summed E-state index contributed by atoms with van der Waals surface area (Å²) in [5, 5.41) is 0. The largest absolute Gasteiger partial charge is 0.494 e. The summed E-state index contributed by atoms with van der Waals surface area (Å²) in [6, 6.07) is 2.60. The van der Waals surface area contributed by atoms with Gasteiger partial charge < -0.3 is 10.5 Å². The smallest absolute Gasteiger partial charge is 0.200 e. The van der Waals surface area contributed by atoms with E-state index >= 15 is 0 Å². The maximum Gasteiger partial charge on any atom is 0.200 e. The van der Waals surface area contributed by atoms with Crippen LogP contribution in [-0.4, -0.2) is 13.2 Å². The monoisotopic (exact) mass is 251 g/mol. The van der Waals surface area contributed by atoms with Crippen LogP contribution in [0.1, 0.15) is 18.9 Å². The van der Waals surface area contributed by atoms with Crippen molar-refractivity contribution in [3.63, 3.8) is 0 Å². The summed E-state index contributed by atoms with van der Waals surface area (Å²) in [6.07, 6.45) is 1.31. The van der Waals surface area contributed by atoms with Gasteiger partial charge in [0, 0.05) is 6.04 Å². The number of ether oxygens (including phenoxy) is 1. The molecule has 1 unspecified atom stereocenters. The van der Waals surface area contributed by atoms with E-state index in [1.54, 1.807) is 0 Å². The molecule has 0 fully saturated rings. The van der Waals surface area contributed by atoms with E-state index in [1.807, 2.05) is 6.92 Å². The second-order valence-corrected chi connectivity index (χ2v) is 3.47. The van der Waals surface area contributed by atoms with Gasteiger partial charge in [-0.15, -0.1) is 12.4 Å². The first kappa shape index (κ1) is 15.1. The third-order valence-corrected chi connectivity index (χ3v) is 2.30. The molecule has 0 saturated heterocycles. The predicted molar refractivity (Wildman–Crippen MR) is 62.1 cm³/mol. The minimum Gasteiger partial charge on any atom is -0.494 e. The minimum atomic E-state index is -0.952. The molecular formula is C11H16ClF2NO. The number of nitrogens with two attached hydrogens (primary N) is 1. The van der Waals surface area contributed by atoms with Crippen molar-refractivity contribution in [2.75, 3.05) is 7.11 Å². The molecule has 0 bridgehead atoms. The highest BCUT2D eigenvalue weighted by molar-refractivity contribution is 5.85. The molecule has 0 aliphatic heterocycles. The van der Waals surface area contributed by atoms with Gasteiger partial charge in [0.25, 0.3) is 0 Å². The molecule has 0 radical (unpaired) electrons. The first-order valence-electron chi connectivity index (χ1n) is 4.86. The van der Waals surface area contributed by atoms with E-state index in [1.165, 1.54) is 13.2 Å². The van der Waals surface area contributed by atoms with E-state index in [2.05, 4.69) is 0 Å². The number of benzene rings is 1. The number of methoxy groups -OCH3 is 1. The molecule has 1 aromatic rings. The van der Waals surface area contributed by atoms with Crippen LogP contribution in [0.5, 0.6) is 5.75 Å². The van der Waals surface area contributed by atoms with Gasteiger partial charge in [-0.1, -0.05) is 6.92 Å². The summed E-state index contributed by atoms with van der Waals surface area (Å²) >= 11 is 0. The summed E-state index contributed by atoms with van der Waals surface area (Å²) in [6.45, 7) is 1.95. The molecule has 16 heavy (non-hydrogen) atoms. The molecule has 0 spiro atoms. The second kappa shape index (κ2) is 6.66. The van der Waals surface area contributed by atoms with Crippen molar-refractivity contribution in [2.45, 2.75) is 25.8 Å². The number of hydrogen-bond acceptors (Lipinski definition) is 2. The Hall–Kier alpha value is -0.870. The maximum absolute atomic E-state index is 13.1. The molecule has 2 nitrogen and oxygen atoms in total. The van der Waals surface area contributed by atoms with Crippen LogP contribution in [0.3, 0.4) is 0 Å². The average Bonchev–Trinajstić information content (AvgIpc) is 2.22. The highest BCUT2D eigenvalue weighted by atomic mass is 35.5. The topological polar surface area (TPSA) is 35.2 Å². The van der Waals surface area contributed by atoms with E-state index in [4.69, 9.17) is 10.5 Å². The Balaban J connectivity index is 0.00000225. The Labute approximate surface area is 100 Å². The summed E-state index contributed by atoms with van der Waals surface area (Å²) in [5.41, 5.74) is 6.38. The fourth-order valence-corrected chi connectivity index (χ4v) is 1.33. The molecule has 0 aliphatic carbocycles. The van der Waals surface area contributed by atoms with Crippen molar-refractivity contribution in [3.8, 4) is 5.75 Å². The first-order chi connectivity index (χ1) is 7.08. The summed E-state index contributed by atoms with van der Waals surface area (Å²) in [5.74, 6) is -1.92. The van der Waals surface area contributed by atoms with Crippen LogP contribution in [0, 0.1) is 11.6 Å². The molecule has 1 atom stereocenters. The van der Waals surface area contributed by atoms with Crippen molar-refractivity contribution in [3.05, 3.63) is 29.3 Å². The van der Waals surface area contributed by atoms with E-state index < -0.39 is 11.6 Å². The molecular weight excluding hydrogens is 236 g/mol. The van der Waals surface area contributed by atoms with Gasteiger partial charge >= 0.3 is 0 Å². The van der Waals surface area contributed by atoms with Gasteiger partial charge in [-0.05, 0) is 30.5 Å². The Kier molecular flexibility index (Phi) is 6.29. The first-order valence-corrected chi connectivity index (χ1v) is 4.86. The highest BCUT2D eigenvalue weighted by Gasteiger charge is 2.12. The van der Waals surface area contributed by atoms with Crippen molar-refractivity contribution in [1.82, 2.24) is 0 Å². The lowest BCUT2D eigenvalue weighted by Crippen LogP contribution is -2.21. The zero-order chi connectivity index (χ0) is 11.4. The molecule has 1 rings (SSSR count). The van der Waals surface area contributed by atoms with Gasteiger partial charge in [-0.2, -0.15) is 4.39 Å².